The highest BCUT2D eigenvalue weighted by molar-refractivity contribution is 5.79. The molecule has 0 aromatic rings. The maximum Gasteiger partial charge on any atom is 0.324 e. The number of carbonyl (C=O) groups is 1. The molecule has 1 fully saturated rings. The Morgan fingerprint density at radius 3 is 2.67 bits per heavy atom. The Hall–Kier alpha value is -0.850. The summed E-state index contributed by atoms with van der Waals surface area (Å²) in [4.78, 5) is 11.2. The van der Waals surface area contributed by atoms with Crippen LogP contribution in [0.1, 0.15) is 6.42 Å². The Balaban J connectivity index is 2.33. The van der Waals surface area contributed by atoms with Gasteiger partial charge in [0.2, 0.25) is 5.91 Å². The van der Waals surface area contributed by atoms with E-state index >= 15 is 0 Å². The van der Waals surface area contributed by atoms with Crippen LogP contribution in [-0.2, 0) is 4.79 Å². The number of alkyl halides is 4. The molecule has 1 aliphatic rings. The molecule has 1 aliphatic heterocycles. The molecule has 1 unspecified atom stereocenters. The van der Waals surface area contributed by atoms with Gasteiger partial charge in [-0.3, -0.25) is 4.79 Å². The highest BCUT2D eigenvalue weighted by Gasteiger charge is 2.41. The largest absolute Gasteiger partial charge is 0.350 e. The van der Waals surface area contributed by atoms with Gasteiger partial charge in [0.1, 0.15) is 0 Å². The monoisotopic (exact) mass is 228 g/mol. The van der Waals surface area contributed by atoms with E-state index in [2.05, 4.69) is 5.32 Å². The third-order valence-electron chi connectivity index (χ3n) is 2.25. The van der Waals surface area contributed by atoms with Crippen LogP contribution < -0.4 is 10.6 Å². The van der Waals surface area contributed by atoms with Crippen molar-refractivity contribution in [1.82, 2.24) is 10.6 Å². The van der Waals surface area contributed by atoms with E-state index in [0.717, 1.165) is 0 Å². The molecule has 88 valence electrons. The van der Waals surface area contributed by atoms with Gasteiger partial charge < -0.3 is 10.6 Å². The Labute approximate surface area is 84.2 Å². The fourth-order valence-electron chi connectivity index (χ4n) is 1.30. The molecule has 1 heterocycles. The van der Waals surface area contributed by atoms with Crippen LogP contribution in [0.5, 0.6) is 0 Å². The highest BCUT2D eigenvalue weighted by Crippen LogP contribution is 2.21. The van der Waals surface area contributed by atoms with Crippen LogP contribution >= 0.6 is 0 Å². The van der Waals surface area contributed by atoms with Gasteiger partial charge in [-0.2, -0.15) is 8.78 Å². The number of hydrogen-bond acceptors (Lipinski definition) is 2. The highest BCUT2D eigenvalue weighted by atomic mass is 19.3. The standard InChI is InChI=1S/C8H12F4N2O/c9-7(10)8(11,12)4-14-6(15)5-1-2-13-3-5/h5,7,13H,1-4H2,(H,14,15). The summed E-state index contributed by atoms with van der Waals surface area (Å²) in [5.74, 6) is -5.14. The minimum absolute atomic E-state index is 0.390. The normalized spacial score (nSPS) is 22.1. The second-order valence-electron chi connectivity index (χ2n) is 3.47. The summed E-state index contributed by atoms with van der Waals surface area (Å²) in [5.41, 5.74) is 0. The molecule has 1 amide bonds. The molecule has 2 N–H and O–H groups in total. The van der Waals surface area contributed by atoms with Crippen molar-refractivity contribution in [2.24, 2.45) is 5.92 Å². The SMILES string of the molecule is O=C(NCC(F)(F)C(F)F)C1CCNC1. The molecule has 3 nitrogen and oxygen atoms in total. The third kappa shape index (κ3) is 3.33. The summed E-state index contributed by atoms with van der Waals surface area (Å²) in [6.07, 6.45) is -3.20. The van der Waals surface area contributed by atoms with Crippen molar-refractivity contribution in [2.45, 2.75) is 18.8 Å². The second-order valence-corrected chi connectivity index (χ2v) is 3.47. The van der Waals surface area contributed by atoms with Crippen LogP contribution in [0.4, 0.5) is 17.6 Å². The Bertz CT molecular complexity index is 229. The van der Waals surface area contributed by atoms with Gasteiger partial charge in [0, 0.05) is 6.54 Å². The molecule has 1 saturated heterocycles. The van der Waals surface area contributed by atoms with E-state index in [0.29, 0.717) is 19.5 Å². The lowest BCUT2D eigenvalue weighted by Gasteiger charge is -2.17. The molecule has 0 radical (unpaired) electrons. The van der Waals surface area contributed by atoms with Crippen LogP contribution in [-0.4, -0.2) is 37.9 Å². The fraction of sp³-hybridized carbons (Fsp3) is 0.875. The number of hydrogen-bond donors (Lipinski definition) is 2. The van der Waals surface area contributed by atoms with Gasteiger partial charge in [0.25, 0.3) is 0 Å². The molecular formula is C8H12F4N2O. The van der Waals surface area contributed by atoms with E-state index in [1.807, 2.05) is 5.32 Å². The topological polar surface area (TPSA) is 41.1 Å². The quantitative estimate of drug-likeness (QED) is 0.692. The lowest BCUT2D eigenvalue weighted by Crippen LogP contribution is -2.43. The first-order valence-corrected chi connectivity index (χ1v) is 4.58. The van der Waals surface area contributed by atoms with E-state index < -0.39 is 30.7 Å². The zero-order chi connectivity index (χ0) is 11.5. The number of halogens is 4. The molecule has 1 rings (SSSR count). The van der Waals surface area contributed by atoms with Crippen LogP contribution in [0, 0.1) is 5.92 Å². The zero-order valence-electron chi connectivity index (χ0n) is 7.90. The Morgan fingerprint density at radius 1 is 1.53 bits per heavy atom. The van der Waals surface area contributed by atoms with Crippen molar-refractivity contribution in [3.05, 3.63) is 0 Å². The molecule has 0 aromatic heterocycles. The number of amides is 1. The lowest BCUT2D eigenvalue weighted by molar-refractivity contribution is -0.138. The predicted octanol–water partition coefficient (Wildman–Crippen LogP) is 0.612. The van der Waals surface area contributed by atoms with Crippen molar-refractivity contribution >= 4 is 5.91 Å². The molecule has 0 bridgehead atoms. The molecule has 0 aliphatic carbocycles. The van der Waals surface area contributed by atoms with Crippen molar-refractivity contribution in [3.63, 3.8) is 0 Å². The van der Waals surface area contributed by atoms with Crippen LogP contribution in [0.3, 0.4) is 0 Å². The van der Waals surface area contributed by atoms with Crippen molar-refractivity contribution < 1.29 is 22.4 Å². The van der Waals surface area contributed by atoms with E-state index in [1.54, 1.807) is 0 Å². The average molecular weight is 228 g/mol. The van der Waals surface area contributed by atoms with E-state index in [-0.39, 0.29) is 0 Å². The lowest BCUT2D eigenvalue weighted by atomic mass is 10.1. The minimum atomic E-state index is -4.15. The maximum atomic E-state index is 12.4. The fourth-order valence-corrected chi connectivity index (χ4v) is 1.30. The summed E-state index contributed by atoms with van der Waals surface area (Å²) in [6, 6.07) is 0. The van der Waals surface area contributed by atoms with Crippen molar-refractivity contribution in [3.8, 4) is 0 Å². The Morgan fingerprint density at radius 2 is 2.20 bits per heavy atom. The molecular weight excluding hydrogens is 216 g/mol. The van der Waals surface area contributed by atoms with Gasteiger partial charge in [0.15, 0.2) is 0 Å². The summed E-state index contributed by atoms with van der Waals surface area (Å²) in [6.45, 7) is -0.255. The van der Waals surface area contributed by atoms with Gasteiger partial charge in [-0.05, 0) is 13.0 Å². The van der Waals surface area contributed by atoms with E-state index in [4.69, 9.17) is 0 Å². The summed E-state index contributed by atoms with van der Waals surface area (Å²) >= 11 is 0. The van der Waals surface area contributed by atoms with Crippen LogP contribution in [0.2, 0.25) is 0 Å². The molecule has 0 saturated carbocycles. The summed E-state index contributed by atoms with van der Waals surface area (Å²) in [7, 11) is 0. The average Bonchev–Trinajstić information content (AvgIpc) is 2.66. The second kappa shape index (κ2) is 4.78. The van der Waals surface area contributed by atoms with Gasteiger partial charge in [-0.25, -0.2) is 8.78 Å². The zero-order valence-corrected chi connectivity index (χ0v) is 7.90. The third-order valence-corrected chi connectivity index (χ3v) is 2.25. The van der Waals surface area contributed by atoms with Crippen molar-refractivity contribution in [2.75, 3.05) is 19.6 Å². The van der Waals surface area contributed by atoms with E-state index in [9.17, 15) is 22.4 Å². The summed E-state index contributed by atoms with van der Waals surface area (Å²) < 4.78 is 48.3. The smallest absolute Gasteiger partial charge is 0.324 e. The van der Waals surface area contributed by atoms with E-state index in [1.165, 1.54) is 0 Å². The molecule has 15 heavy (non-hydrogen) atoms. The van der Waals surface area contributed by atoms with Crippen LogP contribution in [0.15, 0.2) is 0 Å². The predicted molar refractivity (Wildman–Crippen MR) is 44.9 cm³/mol. The molecule has 1 atom stereocenters. The Kier molecular flexibility index (Phi) is 3.90. The number of rotatable bonds is 4. The number of nitrogens with one attached hydrogen (secondary N) is 2. The molecule has 7 heteroatoms. The first-order valence-electron chi connectivity index (χ1n) is 4.58. The first kappa shape index (κ1) is 12.2. The minimum Gasteiger partial charge on any atom is -0.350 e. The van der Waals surface area contributed by atoms with Gasteiger partial charge in [-0.1, -0.05) is 0 Å². The summed E-state index contributed by atoms with van der Waals surface area (Å²) in [5, 5.41) is 4.71. The van der Waals surface area contributed by atoms with Gasteiger partial charge >= 0.3 is 12.3 Å². The number of carbonyl (C=O) groups excluding carboxylic acids is 1. The molecule has 0 spiro atoms. The van der Waals surface area contributed by atoms with Gasteiger partial charge in [-0.15, -0.1) is 0 Å². The molecule has 0 aromatic carbocycles. The first-order chi connectivity index (χ1) is 6.93. The maximum absolute atomic E-state index is 12.4. The van der Waals surface area contributed by atoms with Crippen molar-refractivity contribution in [1.29, 1.82) is 0 Å². The van der Waals surface area contributed by atoms with Crippen LogP contribution in [0.25, 0.3) is 0 Å². The van der Waals surface area contributed by atoms with Gasteiger partial charge in [0.05, 0.1) is 12.5 Å².